The molecule has 14 rings (SSSR count). The number of hydrogen-bond donors (Lipinski definition) is 0. The predicted octanol–water partition coefficient (Wildman–Crippen LogP) is 15.5. The quantitative estimate of drug-likeness (QED) is 0.157. The van der Waals surface area contributed by atoms with E-state index in [4.69, 9.17) is 0 Å². The molecule has 260 valence electrons. The molecule has 12 aromatic rings. The van der Waals surface area contributed by atoms with Crippen molar-refractivity contribution in [1.82, 2.24) is 4.57 Å². The minimum atomic E-state index is 1.18. The zero-order valence-corrected chi connectivity index (χ0v) is 30.8. The average Bonchev–Trinajstić information content (AvgIpc) is 3.91. The molecule has 0 saturated heterocycles. The molecule has 1 heterocycles. The summed E-state index contributed by atoms with van der Waals surface area (Å²) in [5, 5.41) is 15.6. The van der Waals surface area contributed by atoms with Crippen LogP contribution in [0, 0.1) is 0 Å². The highest BCUT2D eigenvalue weighted by Gasteiger charge is 2.26. The molecular formula is C56H31N. The Bertz CT molecular complexity index is 3790. The van der Waals surface area contributed by atoms with Crippen LogP contribution in [-0.2, 0) is 0 Å². The van der Waals surface area contributed by atoms with Crippen LogP contribution in [0.1, 0.15) is 0 Å². The lowest BCUT2D eigenvalue weighted by Gasteiger charge is -2.17. The molecule has 11 aromatic carbocycles. The minimum absolute atomic E-state index is 1.18. The Kier molecular flexibility index (Phi) is 5.56. The number of fused-ring (bicyclic) bond motifs is 16. The van der Waals surface area contributed by atoms with Crippen LogP contribution in [0.2, 0.25) is 0 Å². The number of para-hydroxylation sites is 1. The van der Waals surface area contributed by atoms with Crippen molar-refractivity contribution in [3.8, 4) is 61.3 Å². The highest BCUT2D eigenvalue weighted by Crippen LogP contribution is 2.52. The highest BCUT2D eigenvalue weighted by molar-refractivity contribution is 6.38. The van der Waals surface area contributed by atoms with Crippen molar-refractivity contribution in [3.63, 3.8) is 0 Å². The third kappa shape index (κ3) is 3.74. The lowest BCUT2D eigenvalue weighted by molar-refractivity contribution is 1.19. The van der Waals surface area contributed by atoms with Gasteiger partial charge in [-0.2, -0.15) is 0 Å². The molecule has 0 bridgehead atoms. The van der Waals surface area contributed by atoms with E-state index in [1.807, 2.05) is 0 Å². The molecule has 0 aliphatic heterocycles. The molecule has 0 saturated carbocycles. The van der Waals surface area contributed by atoms with Crippen molar-refractivity contribution in [2.45, 2.75) is 0 Å². The molecule has 0 spiro atoms. The fourth-order valence-corrected chi connectivity index (χ4v) is 10.9. The fraction of sp³-hybridized carbons (Fsp3) is 0. The standard InChI is InChI=1S/C56H31N/c1-3-17-42-36(15-1)47(34-25-27-38-40-20-7-11-32-13-9-22-43(52(32)40)48(38)29-34)31-50-37-16-2-4-18-45(37)56-55(54(42)50)46-19-5-6-24-51(46)57(56)35-26-28-39-41-21-8-12-33-14-10-23-44(53(33)41)49(39)30-35/h1-31H. The Morgan fingerprint density at radius 2 is 0.807 bits per heavy atom. The first-order chi connectivity index (χ1) is 28.3. The van der Waals surface area contributed by atoms with Crippen molar-refractivity contribution in [2.75, 3.05) is 0 Å². The number of nitrogens with zero attached hydrogens (tertiary/aromatic N) is 1. The van der Waals surface area contributed by atoms with E-state index in [-0.39, 0.29) is 0 Å². The zero-order chi connectivity index (χ0) is 36.9. The van der Waals surface area contributed by atoms with Crippen molar-refractivity contribution in [1.29, 1.82) is 0 Å². The maximum absolute atomic E-state index is 2.54. The van der Waals surface area contributed by atoms with Crippen LogP contribution in [0.3, 0.4) is 0 Å². The smallest absolute Gasteiger partial charge is 0.0626 e. The van der Waals surface area contributed by atoms with Gasteiger partial charge in [0.1, 0.15) is 0 Å². The van der Waals surface area contributed by atoms with Gasteiger partial charge in [0.25, 0.3) is 0 Å². The molecule has 1 nitrogen and oxygen atoms in total. The van der Waals surface area contributed by atoms with Crippen molar-refractivity contribution >= 4 is 75.7 Å². The molecule has 0 unspecified atom stereocenters. The fourth-order valence-electron chi connectivity index (χ4n) is 10.9. The number of rotatable bonds is 2. The van der Waals surface area contributed by atoms with Gasteiger partial charge in [-0.1, -0.05) is 158 Å². The first-order valence-electron chi connectivity index (χ1n) is 19.9. The number of aromatic nitrogens is 1. The van der Waals surface area contributed by atoms with Gasteiger partial charge < -0.3 is 4.57 Å². The maximum Gasteiger partial charge on any atom is 0.0626 e. The van der Waals surface area contributed by atoms with Crippen LogP contribution >= 0.6 is 0 Å². The lowest BCUT2D eigenvalue weighted by atomic mass is 9.87. The molecule has 2 aliphatic rings. The van der Waals surface area contributed by atoms with E-state index in [2.05, 4.69) is 193 Å². The lowest BCUT2D eigenvalue weighted by Crippen LogP contribution is -1.96. The predicted molar refractivity (Wildman–Crippen MR) is 243 cm³/mol. The first-order valence-corrected chi connectivity index (χ1v) is 19.9. The Balaban J connectivity index is 1.08. The van der Waals surface area contributed by atoms with E-state index in [9.17, 15) is 0 Å². The Morgan fingerprint density at radius 1 is 0.263 bits per heavy atom. The summed E-state index contributed by atoms with van der Waals surface area (Å²) in [4.78, 5) is 0. The Morgan fingerprint density at radius 3 is 1.49 bits per heavy atom. The summed E-state index contributed by atoms with van der Waals surface area (Å²) >= 11 is 0. The molecule has 0 N–H and O–H groups in total. The summed E-state index contributed by atoms with van der Waals surface area (Å²) in [7, 11) is 0. The largest absolute Gasteiger partial charge is 0.309 e. The second-order valence-corrected chi connectivity index (χ2v) is 15.9. The van der Waals surface area contributed by atoms with Gasteiger partial charge in [0.15, 0.2) is 0 Å². The summed E-state index contributed by atoms with van der Waals surface area (Å²) in [6.45, 7) is 0. The molecule has 0 atom stereocenters. The summed E-state index contributed by atoms with van der Waals surface area (Å²) in [5.74, 6) is 0. The van der Waals surface area contributed by atoms with E-state index < -0.39 is 0 Å². The molecule has 1 heteroatoms. The number of hydrogen-bond acceptors (Lipinski definition) is 0. The topological polar surface area (TPSA) is 4.93 Å². The van der Waals surface area contributed by atoms with E-state index >= 15 is 0 Å². The minimum Gasteiger partial charge on any atom is -0.309 e. The molecule has 0 amide bonds. The van der Waals surface area contributed by atoms with Gasteiger partial charge in [0.05, 0.1) is 11.0 Å². The van der Waals surface area contributed by atoms with Crippen LogP contribution in [0.4, 0.5) is 0 Å². The van der Waals surface area contributed by atoms with Gasteiger partial charge in [0.2, 0.25) is 0 Å². The second kappa shape index (κ2) is 10.6. The van der Waals surface area contributed by atoms with Gasteiger partial charge in [-0.25, -0.2) is 0 Å². The van der Waals surface area contributed by atoms with Crippen LogP contribution in [-0.4, -0.2) is 4.57 Å². The molecular weight excluding hydrogens is 687 g/mol. The maximum atomic E-state index is 2.54. The van der Waals surface area contributed by atoms with Gasteiger partial charge >= 0.3 is 0 Å². The van der Waals surface area contributed by atoms with Crippen LogP contribution in [0.15, 0.2) is 188 Å². The molecule has 57 heavy (non-hydrogen) atoms. The van der Waals surface area contributed by atoms with Gasteiger partial charge in [-0.3, -0.25) is 0 Å². The van der Waals surface area contributed by atoms with Crippen molar-refractivity contribution in [3.05, 3.63) is 188 Å². The van der Waals surface area contributed by atoms with E-state index in [1.165, 1.54) is 137 Å². The molecule has 0 radical (unpaired) electrons. The monoisotopic (exact) mass is 717 g/mol. The Hall–Kier alpha value is -7.48. The van der Waals surface area contributed by atoms with Gasteiger partial charge in [-0.05, 0) is 129 Å². The first kappa shape index (κ1) is 29.8. The summed E-state index contributed by atoms with van der Waals surface area (Å²) in [6.07, 6.45) is 0. The van der Waals surface area contributed by atoms with Crippen LogP contribution in [0.25, 0.3) is 137 Å². The normalized spacial score (nSPS) is 12.6. The SMILES string of the molecule is c1cc2c3c(cccc3c1)-c1cc(-c3cc4c5ccccc5c5c(c6ccccc6n5-c5ccc6c(c5)-c5cccc7cccc-6c57)c4c4ccccc34)ccc1-2. The molecule has 1 aromatic heterocycles. The second-order valence-electron chi connectivity index (χ2n) is 15.9. The summed E-state index contributed by atoms with van der Waals surface area (Å²) < 4.78 is 2.54. The zero-order valence-electron chi connectivity index (χ0n) is 30.8. The Labute approximate surface area is 328 Å². The summed E-state index contributed by atoms with van der Waals surface area (Å²) in [5.41, 5.74) is 16.8. The van der Waals surface area contributed by atoms with Gasteiger partial charge in [0, 0.05) is 27.2 Å². The van der Waals surface area contributed by atoms with Gasteiger partial charge in [-0.15, -0.1) is 0 Å². The number of benzene rings is 11. The molecule has 0 fully saturated rings. The van der Waals surface area contributed by atoms with E-state index in [1.54, 1.807) is 0 Å². The van der Waals surface area contributed by atoms with Crippen molar-refractivity contribution < 1.29 is 0 Å². The van der Waals surface area contributed by atoms with Crippen molar-refractivity contribution in [2.24, 2.45) is 0 Å². The molecule has 2 aliphatic carbocycles. The highest BCUT2D eigenvalue weighted by atomic mass is 15.0. The average molecular weight is 718 g/mol. The third-order valence-corrected chi connectivity index (χ3v) is 13.2. The van der Waals surface area contributed by atoms with Crippen LogP contribution < -0.4 is 0 Å². The van der Waals surface area contributed by atoms with E-state index in [0.29, 0.717) is 0 Å². The summed E-state index contributed by atoms with van der Waals surface area (Å²) in [6, 6.07) is 70.8. The third-order valence-electron chi connectivity index (χ3n) is 13.2. The van der Waals surface area contributed by atoms with Crippen LogP contribution in [0.5, 0.6) is 0 Å². The van der Waals surface area contributed by atoms with E-state index in [0.717, 1.165) is 0 Å².